The molecule has 0 unspecified atom stereocenters. The fourth-order valence-corrected chi connectivity index (χ4v) is 6.75. The van der Waals surface area contributed by atoms with Crippen LogP contribution in [0.1, 0.15) is 32.9 Å². The van der Waals surface area contributed by atoms with E-state index >= 15 is 0 Å². The van der Waals surface area contributed by atoms with E-state index in [1.165, 1.54) is 41.7 Å². The van der Waals surface area contributed by atoms with E-state index in [-0.39, 0.29) is 27.9 Å². The van der Waals surface area contributed by atoms with Crippen molar-refractivity contribution in [2.75, 3.05) is 17.7 Å². The number of nitrogens with zero attached hydrogens (tertiary/aromatic N) is 1. The number of amides is 1. The maximum atomic E-state index is 14.0. The molecule has 0 saturated carbocycles. The highest BCUT2D eigenvalue weighted by Crippen LogP contribution is 2.28. The molecule has 2 N–H and O–H groups in total. The average Bonchev–Trinajstić information content (AvgIpc) is 3.44. The van der Waals surface area contributed by atoms with E-state index in [0.717, 1.165) is 15.8 Å². The van der Waals surface area contributed by atoms with Gasteiger partial charge in [-0.05, 0) is 90.7 Å². The molecule has 0 aliphatic carbocycles. The zero-order chi connectivity index (χ0) is 32.0. The number of fused-ring (bicyclic) bond motifs is 1. The van der Waals surface area contributed by atoms with Gasteiger partial charge in [0.2, 0.25) is 0 Å². The van der Waals surface area contributed by atoms with Gasteiger partial charge in [0.15, 0.2) is 16.4 Å². The van der Waals surface area contributed by atoms with Gasteiger partial charge in [-0.1, -0.05) is 41.9 Å². The molecule has 1 aromatic heterocycles. The molecule has 0 saturated heterocycles. The van der Waals surface area contributed by atoms with E-state index in [4.69, 9.17) is 21.4 Å². The fraction of sp³-hybridized carbons (Fsp3) is 0.121. The molecule has 0 atom stereocenters. The lowest BCUT2D eigenvalue weighted by atomic mass is 10.1. The van der Waals surface area contributed by atoms with E-state index in [0.29, 0.717) is 34.0 Å². The number of aliphatic carboxylic acids is 1. The molecule has 5 rings (SSSR count). The molecule has 0 aliphatic rings. The van der Waals surface area contributed by atoms with Crippen molar-refractivity contribution in [3.05, 3.63) is 117 Å². The zero-order valence-electron chi connectivity index (χ0n) is 23.6. The first kappa shape index (κ1) is 31.8. The highest BCUT2D eigenvalue weighted by molar-refractivity contribution is 7.91. The average molecular weight is 665 g/mol. The lowest BCUT2D eigenvalue weighted by Crippen LogP contribution is -2.15. The summed E-state index contributed by atoms with van der Waals surface area (Å²) in [6.07, 6.45) is 4.29. The molecular weight excluding hydrogens is 639 g/mol. The molecule has 4 aromatic carbocycles. The first-order chi connectivity index (χ1) is 21.6. The molecular formula is C33H26ClFN2O6S2. The number of ether oxygens (including phenoxy) is 1. The summed E-state index contributed by atoms with van der Waals surface area (Å²) in [5.74, 6) is -1.93. The van der Waals surface area contributed by atoms with Gasteiger partial charge in [0.25, 0.3) is 5.91 Å². The monoisotopic (exact) mass is 664 g/mol. The maximum absolute atomic E-state index is 14.0. The Kier molecular flexibility index (Phi) is 9.92. The number of hydrogen-bond acceptors (Lipinski definition) is 7. The third kappa shape index (κ3) is 8.33. The normalized spacial score (nSPS) is 11.6. The van der Waals surface area contributed by atoms with Crippen molar-refractivity contribution in [1.82, 2.24) is 4.98 Å². The van der Waals surface area contributed by atoms with Crippen LogP contribution < -0.4 is 10.1 Å². The van der Waals surface area contributed by atoms with Gasteiger partial charge in [-0.15, -0.1) is 11.3 Å². The van der Waals surface area contributed by atoms with E-state index in [2.05, 4.69) is 10.3 Å². The molecule has 0 aliphatic heterocycles. The van der Waals surface area contributed by atoms with Crippen molar-refractivity contribution in [2.45, 2.75) is 17.7 Å². The van der Waals surface area contributed by atoms with Crippen molar-refractivity contribution in [1.29, 1.82) is 0 Å². The van der Waals surface area contributed by atoms with E-state index in [1.54, 1.807) is 54.6 Å². The SMILES string of the molecule is O=C(O)COc1ccc(CCCS(=O)(=O)c2ccc(Cl)cc2)cc1NC(=O)c1ccc(C=Cc2nc3c(F)cccc3s2)cc1. The molecule has 0 radical (unpaired) electrons. The van der Waals surface area contributed by atoms with Crippen LogP contribution in [0.15, 0.2) is 89.8 Å². The van der Waals surface area contributed by atoms with E-state index in [9.17, 15) is 22.4 Å². The van der Waals surface area contributed by atoms with Gasteiger partial charge < -0.3 is 15.2 Å². The number of nitrogens with one attached hydrogen (secondary N) is 1. The molecule has 0 fully saturated rings. The first-order valence-electron chi connectivity index (χ1n) is 13.7. The summed E-state index contributed by atoms with van der Waals surface area (Å²) in [6.45, 7) is -0.607. The number of aryl methyl sites for hydroxylation is 1. The smallest absolute Gasteiger partial charge is 0.341 e. The van der Waals surface area contributed by atoms with Crippen molar-refractivity contribution < 1.29 is 32.2 Å². The number of rotatable bonds is 12. The minimum atomic E-state index is -3.51. The van der Waals surface area contributed by atoms with Crippen molar-refractivity contribution >= 4 is 72.7 Å². The van der Waals surface area contributed by atoms with E-state index < -0.39 is 28.3 Å². The second-order valence-electron chi connectivity index (χ2n) is 9.94. The molecule has 45 heavy (non-hydrogen) atoms. The Hall–Kier alpha value is -4.58. The fourth-order valence-electron chi connectivity index (χ4n) is 4.43. The van der Waals surface area contributed by atoms with Gasteiger partial charge in [0.05, 0.1) is 21.0 Å². The van der Waals surface area contributed by atoms with Crippen LogP contribution in [0, 0.1) is 5.82 Å². The zero-order valence-corrected chi connectivity index (χ0v) is 26.0. The highest BCUT2D eigenvalue weighted by atomic mass is 35.5. The minimum absolute atomic E-state index is 0.0930. The molecule has 0 bridgehead atoms. The molecule has 0 spiro atoms. The standard InChI is InChI=1S/C33H26ClFN2O6S2/c34-24-12-14-25(15-13-24)45(41,42)18-2-3-22-8-16-28(43-20-31(38)39)27(19-22)36-33(40)23-10-6-21(7-11-23)9-17-30-37-32-26(35)4-1-5-29(32)44-30/h1,4-17,19H,2-3,18,20H2,(H,36,40)(H,38,39). The summed E-state index contributed by atoms with van der Waals surface area (Å²) in [4.78, 5) is 28.7. The third-order valence-electron chi connectivity index (χ3n) is 6.67. The number of aromatic nitrogens is 1. The van der Waals surface area contributed by atoms with Gasteiger partial charge >= 0.3 is 5.97 Å². The van der Waals surface area contributed by atoms with Crippen LogP contribution in [0.2, 0.25) is 5.02 Å². The molecule has 1 amide bonds. The van der Waals surface area contributed by atoms with Crippen LogP contribution >= 0.6 is 22.9 Å². The summed E-state index contributed by atoms with van der Waals surface area (Å²) in [6, 6.07) is 22.4. The Morgan fingerprint density at radius 2 is 1.76 bits per heavy atom. The Balaban J connectivity index is 1.26. The van der Waals surface area contributed by atoms with Gasteiger partial charge in [-0.2, -0.15) is 0 Å². The number of carbonyl (C=O) groups excluding carboxylic acids is 1. The first-order valence-corrected chi connectivity index (χ1v) is 16.5. The van der Waals surface area contributed by atoms with E-state index in [1.807, 2.05) is 12.1 Å². The molecule has 8 nitrogen and oxygen atoms in total. The number of carboxylic acid groups (broad SMARTS) is 1. The van der Waals surface area contributed by atoms with Crippen molar-refractivity contribution in [3.63, 3.8) is 0 Å². The second-order valence-corrected chi connectivity index (χ2v) is 13.5. The summed E-state index contributed by atoms with van der Waals surface area (Å²) in [7, 11) is -3.51. The topological polar surface area (TPSA) is 123 Å². The van der Waals surface area contributed by atoms with Crippen LogP contribution in [-0.2, 0) is 21.1 Å². The minimum Gasteiger partial charge on any atom is -0.480 e. The number of para-hydroxylation sites is 1. The molecule has 5 aromatic rings. The highest BCUT2D eigenvalue weighted by Gasteiger charge is 2.16. The second kappa shape index (κ2) is 14.0. The van der Waals surface area contributed by atoms with Crippen molar-refractivity contribution in [2.24, 2.45) is 0 Å². The number of benzene rings is 4. The maximum Gasteiger partial charge on any atom is 0.341 e. The van der Waals surface area contributed by atoms with Crippen LogP contribution in [0.4, 0.5) is 10.1 Å². The van der Waals surface area contributed by atoms with Gasteiger partial charge in [-0.3, -0.25) is 4.79 Å². The molecule has 1 heterocycles. The van der Waals surface area contributed by atoms with Crippen LogP contribution in [0.5, 0.6) is 5.75 Å². The number of halogens is 2. The Morgan fingerprint density at radius 3 is 2.47 bits per heavy atom. The number of sulfone groups is 1. The largest absolute Gasteiger partial charge is 0.480 e. The number of hydrogen-bond donors (Lipinski definition) is 2. The predicted octanol–water partition coefficient (Wildman–Crippen LogP) is 7.38. The Labute approximate surface area is 267 Å². The van der Waals surface area contributed by atoms with Crippen molar-refractivity contribution in [3.8, 4) is 5.75 Å². The van der Waals surface area contributed by atoms with Gasteiger partial charge in [0.1, 0.15) is 22.1 Å². The molecule has 230 valence electrons. The number of carbonyl (C=O) groups is 2. The third-order valence-corrected chi connectivity index (χ3v) is 9.73. The van der Waals surface area contributed by atoms with Gasteiger partial charge in [-0.25, -0.2) is 22.6 Å². The lowest BCUT2D eigenvalue weighted by Gasteiger charge is -2.14. The Bertz CT molecular complexity index is 1990. The molecule has 12 heteroatoms. The number of thiazole rings is 1. The summed E-state index contributed by atoms with van der Waals surface area (Å²) in [5, 5.41) is 12.9. The van der Waals surface area contributed by atoms with Crippen LogP contribution in [0.3, 0.4) is 0 Å². The summed E-state index contributed by atoms with van der Waals surface area (Å²) < 4.78 is 45.5. The summed E-state index contributed by atoms with van der Waals surface area (Å²) in [5.41, 5.74) is 2.46. The summed E-state index contributed by atoms with van der Waals surface area (Å²) >= 11 is 7.23. The van der Waals surface area contributed by atoms with Crippen LogP contribution in [-0.4, -0.2) is 42.7 Å². The van der Waals surface area contributed by atoms with Crippen LogP contribution in [0.25, 0.3) is 22.4 Å². The lowest BCUT2D eigenvalue weighted by molar-refractivity contribution is -0.139. The van der Waals surface area contributed by atoms with Gasteiger partial charge in [0, 0.05) is 10.6 Å². The predicted molar refractivity (Wildman–Crippen MR) is 174 cm³/mol. The number of anilines is 1. The number of carboxylic acids is 1. The Morgan fingerprint density at radius 1 is 1.00 bits per heavy atom. The quantitative estimate of drug-likeness (QED) is 0.143.